The quantitative estimate of drug-likeness (QED) is 0.799. The molecule has 0 saturated carbocycles. The second-order valence-corrected chi connectivity index (χ2v) is 5.03. The molecule has 3 rings (SSSR count). The Hall–Kier alpha value is -2.40. The van der Waals surface area contributed by atoms with Gasteiger partial charge in [-0.2, -0.15) is 0 Å². The fourth-order valence-corrected chi connectivity index (χ4v) is 2.38. The van der Waals surface area contributed by atoms with Crippen molar-refractivity contribution in [2.24, 2.45) is 0 Å². The Labute approximate surface area is 122 Å². The van der Waals surface area contributed by atoms with Crippen LogP contribution in [0.15, 0.2) is 47.2 Å². The number of hydrogen-bond acceptors (Lipinski definition) is 4. The van der Waals surface area contributed by atoms with Crippen LogP contribution in [0.5, 0.6) is 0 Å². The molecule has 1 atom stereocenters. The topological polar surface area (TPSA) is 64.1 Å². The molecule has 0 aliphatic rings. The number of hydrogen-bond donors (Lipinski definition) is 1. The Morgan fingerprint density at radius 2 is 2.00 bits per heavy atom. The number of rotatable bonds is 4. The van der Waals surface area contributed by atoms with Crippen LogP contribution in [0.2, 0.25) is 0 Å². The summed E-state index contributed by atoms with van der Waals surface area (Å²) in [4.78, 5) is 4.29. The molecule has 5 nitrogen and oxygen atoms in total. The highest BCUT2D eigenvalue weighted by atomic mass is 16.5. The number of aryl methyl sites for hydroxylation is 2. The number of aliphatic hydroxyl groups is 1. The van der Waals surface area contributed by atoms with Gasteiger partial charge in [-0.05, 0) is 19.4 Å². The SMILES string of the molecule is Cc1noc(C)c1Cn1ccnc1C(O)c1ccccc1. The van der Waals surface area contributed by atoms with E-state index in [0.29, 0.717) is 12.4 Å². The number of aliphatic hydroxyl groups excluding tert-OH is 1. The molecule has 0 spiro atoms. The summed E-state index contributed by atoms with van der Waals surface area (Å²) in [5.41, 5.74) is 2.71. The summed E-state index contributed by atoms with van der Waals surface area (Å²) in [5, 5.41) is 14.5. The predicted octanol–water partition coefficient (Wildman–Crippen LogP) is 2.62. The first kappa shape index (κ1) is 13.6. The third-order valence-corrected chi connectivity index (χ3v) is 3.62. The lowest BCUT2D eigenvalue weighted by molar-refractivity contribution is 0.205. The van der Waals surface area contributed by atoms with E-state index in [1.807, 2.05) is 54.9 Å². The van der Waals surface area contributed by atoms with Crippen LogP contribution in [0.3, 0.4) is 0 Å². The van der Waals surface area contributed by atoms with Crippen molar-refractivity contribution in [1.82, 2.24) is 14.7 Å². The average molecular weight is 283 g/mol. The van der Waals surface area contributed by atoms with Crippen LogP contribution >= 0.6 is 0 Å². The monoisotopic (exact) mass is 283 g/mol. The standard InChI is InChI=1S/C16H17N3O2/c1-11-14(12(2)21-18-11)10-19-9-8-17-16(19)15(20)13-6-4-3-5-7-13/h3-9,15,20H,10H2,1-2H3. The van der Waals surface area contributed by atoms with E-state index in [9.17, 15) is 5.11 Å². The zero-order valence-electron chi connectivity index (χ0n) is 12.0. The first-order valence-electron chi connectivity index (χ1n) is 6.82. The van der Waals surface area contributed by atoms with Crippen LogP contribution in [-0.2, 0) is 6.54 Å². The molecule has 0 aliphatic heterocycles. The predicted molar refractivity (Wildman–Crippen MR) is 77.8 cm³/mol. The number of aromatic nitrogens is 3. The van der Waals surface area contributed by atoms with E-state index in [-0.39, 0.29) is 0 Å². The minimum Gasteiger partial charge on any atom is -0.380 e. The number of nitrogens with zero attached hydrogens (tertiary/aromatic N) is 3. The maximum atomic E-state index is 10.5. The van der Waals surface area contributed by atoms with Crippen LogP contribution in [0.4, 0.5) is 0 Å². The molecule has 1 N–H and O–H groups in total. The Kier molecular flexibility index (Phi) is 3.58. The molecule has 2 aromatic heterocycles. The van der Waals surface area contributed by atoms with E-state index in [1.165, 1.54) is 0 Å². The van der Waals surface area contributed by atoms with Gasteiger partial charge in [-0.25, -0.2) is 4.98 Å². The molecule has 0 bridgehead atoms. The molecular weight excluding hydrogens is 266 g/mol. The second-order valence-electron chi connectivity index (χ2n) is 5.03. The molecule has 1 unspecified atom stereocenters. The minimum absolute atomic E-state index is 0.584. The second kappa shape index (κ2) is 5.54. The summed E-state index contributed by atoms with van der Waals surface area (Å²) in [6.07, 6.45) is 2.80. The molecule has 5 heteroatoms. The third kappa shape index (κ3) is 2.60. The number of imidazole rings is 1. The maximum absolute atomic E-state index is 10.5. The van der Waals surface area contributed by atoms with E-state index in [2.05, 4.69) is 10.1 Å². The van der Waals surface area contributed by atoms with E-state index in [1.54, 1.807) is 6.20 Å². The van der Waals surface area contributed by atoms with E-state index in [4.69, 9.17) is 4.52 Å². The molecule has 0 fully saturated rings. The van der Waals surface area contributed by atoms with Crippen molar-refractivity contribution in [1.29, 1.82) is 0 Å². The third-order valence-electron chi connectivity index (χ3n) is 3.62. The smallest absolute Gasteiger partial charge is 0.142 e. The van der Waals surface area contributed by atoms with Crippen LogP contribution in [0.1, 0.15) is 34.5 Å². The Morgan fingerprint density at radius 3 is 2.67 bits per heavy atom. The van der Waals surface area contributed by atoms with Crippen molar-refractivity contribution >= 4 is 0 Å². The van der Waals surface area contributed by atoms with Crippen LogP contribution in [0, 0.1) is 13.8 Å². The van der Waals surface area contributed by atoms with Gasteiger partial charge in [0.25, 0.3) is 0 Å². The highest BCUT2D eigenvalue weighted by Gasteiger charge is 2.18. The normalized spacial score (nSPS) is 12.5. The molecule has 1 aromatic carbocycles. The first-order valence-corrected chi connectivity index (χ1v) is 6.82. The first-order chi connectivity index (χ1) is 10.2. The van der Waals surface area contributed by atoms with Crippen molar-refractivity contribution in [2.75, 3.05) is 0 Å². The minimum atomic E-state index is -0.748. The molecule has 0 radical (unpaired) electrons. The highest BCUT2D eigenvalue weighted by Crippen LogP contribution is 2.22. The van der Waals surface area contributed by atoms with Crippen molar-refractivity contribution in [3.8, 4) is 0 Å². The van der Waals surface area contributed by atoms with E-state index >= 15 is 0 Å². The molecule has 108 valence electrons. The summed E-state index contributed by atoms with van der Waals surface area (Å²) in [6, 6.07) is 9.51. The lowest BCUT2D eigenvalue weighted by Crippen LogP contribution is -2.11. The van der Waals surface area contributed by atoms with Gasteiger partial charge in [-0.1, -0.05) is 35.5 Å². The van der Waals surface area contributed by atoms with Gasteiger partial charge in [0.15, 0.2) is 0 Å². The van der Waals surface area contributed by atoms with Crippen LogP contribution < -0.4 is 0 Å². The average Bonchev–Trinajstić information content (AvgIpc) is 3.09. The zero-order chi connectivity index (χ0) is 14.8. The van der Waals surface area contributed by atoms with Crippen molar-refractivity contribution in [3.05, 3.63) is 71.1 Å². The molecule has 0 amide bonds. The van der Waals surface area contributed by atoms with Gasteiger partial charge in [0.2, 0.25) is 0 Å². The zero-order valence-corrected chi connectivity index (χ0v) is 12.0. The van der Waals surface area contributed by atoms with Crippen molar-refractivity contribution in [3.63, 3.8) is 0 Å². The summed E-state index contributed by atoms with van der Waals surface area (Å²) in [5.74, 6) is 1.41. The lowest BCUT2D eigenvalue weighted by Gasteiger charge is -2.13. The van der Waals surface area contributed by atoms with Gasteiger partial charge < -0.3 is 14.2 Å². The fourth-order valence-electron chi connectivity index (χ4n) is 2.38. The molecular formula is C16H17N3O2. The van der Waals surface area contributed by atoms with Gasteiger partial charge in [0.1, 0.15) is 17.7 Å². The summed E-state index contributed by atoms with van der Waals surface area (Å²) in [7, 11) is 0. The van der Waals surface area contributed by atoms with Crippen molar-refractivity contribution in [2.45, 2.75) is 26.5 Å². The molecule has 2 heterocycles. The summed E-state index contributed by atoms with van der Waals surface area (Å²) in [6.45, 7) is 4.38. The summed E-state index contributed by atoms with van der Waals surface area (Å²) >= 11 is 0. The molecule has 0 saturated heterocycles. The van der Waals surface area contributed by atoms with Gasteiger partial charge >= 0.3 is 0 Å². The van der Waals surface area contributed by atoms with Gasteiger partial charge in [0, 0.05) is 18.0 Å². The molecule has 0 aliphatic carbocycles. The number of benzene rings is 1. The highest BCUT2D eigenvalue weighted by molar-refractivity contribution is 5.25. The van der Waals surface area contributed by atoms with Crippen molar-refractivity contribution < 1.29 is 9.63 Å². The maximum Gasteiger partial charge on any atom is 0.142 e. The molecule has 21 heavy (non-hydrogen) atoms. The van der Waals surface area contributed by atoms with Gasteiger partial charge in [-0.3, -0.25) is 0 Å². The van der Waals surface area contributed by atoms with Gasteiger partial charge in [0.05, 0.1) is 12.2 Å². The largest absolute Gasteiger partial charge is 0.380 e. The van der Waals surface area contributed by atoms with Gasteiger partial charge in [-0.15, -0.1) is 0 Å². The fraction of sp³-hybridized carbons (Fsp3) is 0.250. The Bertz CT molecular complexity index is 712. The Morgan fingerprint density at radius 1 is 1.24 bits per heavy atom. The van der Waals surface area contributed by atoms with Crippen LogP contribution in [0.25, 0.3) is 0 Å². The van der Waals surface area contributed by atoms with E-state index < -0.39 is 6.10 Å². The molecule has 3 aromatic rings. The van der Waals surface area contributed by atoms with E-state index in [0.717, 1.165) is 22.6 Å². The Balaban J connectivity index is 1.91. The lowest BCUT2D eigenvalue weighted by atomic mass is 10.1. The summed E-state index contributed by atoms with van der Waals surface area (Å²) < 4.78 is 7.10. The van der Waals surface area contributed by atoms with Crippen LogP contribution in [-0.4, -0.2) is 19.8 Å².